The van der Waals surface area contributed by atoms with E-state index in [0.717, 1.165) is 15.9 Å². The molecule has 1 aliphatic rings. The summed E-state index contributed by atoms with van der Waals surface area (Å²) in [6.45, 7) is 1.21. The first kappa shape index (κ1) is 12.7. The van der Waals surface area contributed by atoms with E-state index in [2.05, 4.69) is 31.3 Å². The van der Waals surface area contributed by atoms with Crippen LogP contribution in [0.5, 0.6) is 0 Å². The van der Waals surface area contributed by atoms with E-state index in [1.54, 1.807) is 17.1 Å². The van der Waals surface area contributed by atoms with Crippen LogP contribution in [0.15, 0.2) is 29.0 Å². The van der Waals surface area contributed by atoms with E-state index in [1.807, 2.05) is 0 Å². The number of aromatic nitrogens is 3. The van der Waals surface area contributed by atoms with Gasteiger partial charge in [0.15, 0.2) is 5.82 Å². The van der Waals surface area contributed by atoms with Gasteiger partial charge in [-0.3, -0.25) is 0 Å². The predicted molar refractivity (Wildman–Crippen MR) is 73.1 cm³/mol. The van der Waals surface area contributed by atoms with E-state index in [1.165, 1.54) is 25.0 Å². The van der Waals surface area contributed by atoms with Crippen LogP contribution in [0, 0.1) is 5.82 Å². The highest BCUT2D eigenvalue weighted by molar-refractivity contribution is 9.10. The van der Waals surface area contributed by atoms with Gasteiger partial charge in [0.1, 0.15) is 12.1 Å². The summed E-state index contributed by atoms with van der Waals surface area (Å²) in [7, 11) is 0. The Morgan fingerprint density at radius 3 is 3.05 bits per heavy atom. The second kappa shape index (κ2) is 5.38. The number of nitrogens with one attached hydrogen (secondary N) is 1. The molecule has 1 N–H and O–H groups in total. The van der Waals surface area contributed by atoms with Crippen LogP contribution >= 0.6 is 15.9 Å². The Hall–Kier alpha value is -1.27. The maximum Gasteiger partial charge on any atom is 0.164 e. The number of benzene rings is 1. The van der Waals surface area contributed by atoms with Gasteiger partial charge in [0.25, 0.3) is 0 Å². The predicted octanol–water partition coefficient (Wildman–Crippen LogP) is 2.48. The van der Waals surface area contributed by atoms with Crippen LogP contribution in [-0.4, -0.2) is 20.8 Å². The molecule has 0 aliphatic heterocycles. The maximum atomic E-state index is 13.2. The van der Waals surface area contributed by atoms with Crippen molar-refractivity contribution in [2.75, 3.05) is 0 Å². The first-order valence-electron chi connectivity index (χ1n) is 6.26. The standard InChI is InChI=1S/C13H14BrFN4/c14-12-4-1-10(15)5-9(12)7-19-8-17-13(18-19)6-16-11-2-3-11/h1,4-5,8,11,16H,2-3,6-7H2. The number of nitrogens with zero attached hydrogens (tertiary/aromatic N) is 3. The Morgan fingerprint density at radius 2 is 2.26 bits per heavy atom. The average Bonchev–Trinajstić information content (AvgIpc) is 3.12. The Balaban J connectivity index is 1.66. The lowest BCUT2D eigenvalue weighted by atomic mass is 10.2. The molecule has 0 spiro atoms. The summed E-state index contributed by atoms with van der Waals surface area (Å²) in [6, 6.07) is 5.29. The second-order valence-electron chi connectivity index (χ2n) is 4.75. The van der Waals surface area contributed by atoms with Crippen LogP contribution in [0.1, 0.15) is 24.2 Å². The summed E-state index contributed by atoms with van der Waals surface area (Å²) in [5.41, 5.74) is 0.853. The molecule has 19 heavy (non-hydrogen) atoms. The normalized spacial score (nSPS) is 14.8. The molecule has 0 amide bonds. The summed E-state index contributed by atoms with van der Waals surface area (Å²) >= 11 is 3.41. The summed E-state index contributed by atoms with van der Waals surface area (Å²) in [5.74, 6) is 0.536. The molecular weight excluding hydrogens is 311 g/mol. The minimum absolute atomic E-state index is 0.242. The Bertz CT molecular complexity index is 580. The molecule has 1 fully saturated rings. The van der Waals surface area contributed by atoms with Crippen molar-refractivity contribution in [1.29, 1.82) is 0 Å². The highest BCUT2D eigenvalue weighted by atomic mass is 79.9. The number of halogens is 2. The van der Waals surface area contributed by atoms with Crippen LogP contribution in [0.2, 0.25) is 0 Å². The zero-order valence-corrected chi connectivity index (χ0v) is 11.9. The van der Waals surface area contributed by atoms with Gasteiger partial charge in [0, 0.05) is 10.5 Å². The van der Waals surface area contributed by atoms with Crippen molar-refractivity contribution in [2.45, 2.75) is 32.0 Å². The molecule has 1 aromatic carbocycles. The Morgan fingerprint density at radius 1 is 1.42 bits per heavy atom. The summed E-state index contributed by atoms with van der Waals surface area (Å²) in [6.07, 6.45) is 4.18. The van der Waals surface area contributed by atoms with Crippen molar-refractivity contribution in [2.24, 2.45) is 0 Å². The lowest BCUT2D eigenvalue weighted by Gasteiger charge is -2.04. The molecule has 1 aliphatic carbocycles. The number of hydrogen-bond donors (Lipinski definition) is 1. The molecule has 2 aromatic rings. The summed E-state index contributed by atoms with van der Waals surface area (Å²) < 4.78 is 15.8. The monoisotopic (exact) mass is 324 g/mol. The van der Waals surface area contributed by atoms with Crippen LogP contribution in [0.25, 0.3) is 0 Å². The van der Waals surface area contributed by atoms with E-state index in [9.17, 15) is 4.39 Å². The minimum Gasteiger partial charge on any atom is -0.307 e. The van der Waals surface area contributed by atoms with Crippen molar-refractivity contribution in [3.8, 4) is 0 Å². The van der Waals surface area contributed by atoms with E-state index in [4.69, 9.17) is 0 Å². The Kier molecular flexibility index (Phi) is 3.61. The summed E-state index contributed by atoms with van der Waals surface area (Å²) in [4.78, 5) is 4.24. The molecule has 0 saturated heterocycles. The molecule has 0 bridgehead atoms. The van der Waals surface area contributed by atoms with Crippen LogP contribution in [0.3, 0.4) is 0 Å². The maximum absolute atomic E-state index is 13.2. The van der Waals surface area contributed by atoms with Gasteiger partial charge < -0.3 is 5.32 Å². The van der Waals surface area contributed by atoms with Gasteiger partial charge in [0.2, 0.25) is 0 Å². The third-order valence-corrected chi connectivity index (χ3v) is 3.82. The van der Waals surface area contributed by atoms with Crippen LogP contribution < -0.4 is 5.32 Å². The Labute approximate surface area is 119 Å². The fourth-order valence-electron chi connectivity index (χ4n) is 1.85. The van der Waals surface area contributed by atoms with Gasteiger partial charge >= 0.3 is 0 Å². The summed E-state index contributed by atoms with van der Waals surface area (Å²) in [5, 5.41) is 7.74. The molecule has 3 rings (SSSR count). The third kappa shape index (κ3) is 3.39. The molecule has 0 unspecified atom stereocenters. The lowest BCUT2D eigenvalue weighted by Crippen LogP contribution is -2.16. The van der Waals surface area contributed by atoms with Crippen molar-refractivity contribution < 1.29 is 4.39 Å². The quantitative estimate of drug-likeness (QED) is 0.918. The fourth-order valence-corrected chi connectivity index (χ4v) is 2.22. The van der Waals surface area contributed by atoms with Crippen molar-refractivity contribution in [1.82, 2.24) is 20.1 Å². The average molecular weight is 325 g/mol. The SMILES string of the molecule is Fc1ccc(Br)c(Cn2cnc(CNC3CC3)n2)c1. The van der Waals surface area contributed by atoms with Gasteiger partial charge in [-0.1, -0.05) is 15.9 Å². The van der Waals surface area contributed by atoms with Gasteiger partial charge in [-0.15, -0.1) is 0 Å². The largest absolute Gasteiger partial charge is 0.307 e. The van der Waals surface area contributed by atoms with E-state index < -0.39 is 0 Å². The van der Waals surface area contributed by atoms with Crippen molar-refractivity contribution in [3.63, 3.8) is 0 Å². The van der Waals surface area contributed by atoms with Crippen LogP contribution in [-0.2, 0) is 13.1 Å². The molecule has 0 radical (unpaired) electrons. The lowest BCUT2D eigenvalue weighted by molar-refractivity contribution is 0.611. The zero-order chi connectivity index (χ0) is 13.2. The topological polar surface area (TPSA) is 42.7 Å². The molecule has 4 nitrogen and oxygen atoms in total. The van der Waals surface area contributed by atoms with Crippen molar-refractivity contribution >= 4 is 15.9 Å². The number of hydrogen-bond acceptors (Lipinski definition) is 3. The molecule has 1 heterocycles. The minimum atomic E-state index is -0.242. The molecule has 6 heteroatoms. The highest BCUT2D eigenvalue weighted by Crippen LogP contribution is 2.19. The van der Waals surface area contributed by atoms with Gasteiger partial charge in [-0.2, -0.15) is 5.10 Å². The van der Waals surface area contributed by atoms with Gasteiger partial charge in [0.05, 0.1) is 13.1 Å². The first-order chi connectivity index (χ1) is 9.20. The van der Waals surface area contributed by atoms with Crippen molar-refractivity contribution in [3.05, 3.63) is 46.2 Å². The second-order valence-corrected chi connectivity index (χ2v) is 5.60. The molecule has 100 valence electrons. The molecular formula is C13H14BrFN4. The van der Waals surface area contributed by atoms with Gasteiger partial charge in [-0.25, -0.2) is 14.1 Å². The fraction of sp³-hybridized carbons (Fsp3) is 0.385. The highest BCUT2D eigenvalue weighted by Gasteiger charge is 2.20. The zero-order valence-electron chi connectivity index (χ0n) is 10.3. The third-order valence-electron chi connectivity index (χ3n) is 3.05. The van der Waals surface area contributed by atoms with Crippen LogP contribution in [0.4, 0.5) is 4.39 Å². The van der Waals surface area contributed by atoms with E-state index >= 15 is 0 Å². The number of rotatable bonds is 5. The first-order valence-corrected chi connectivity index (χ1v) is 7.05. The molecule has 1 saturated carbocycles. The molecule has 1 aromatic heterocycles. The van der Waals surface area contributed by atoms with E-state index in [-0.39, 0.29) is 5.82 Å². The smallest absolute Gasteiger partial charge is 0.164 e. The van der Waals surface area contributed by atoms with E-state index in [0.29, 0.717) is 19.1 Å². The van der Waals surface area contributed by atoms with Gasteiger partial charge in [-0.05, 0) is 36.6 Å². The molecule has 0 atom stereocenters.